The molecule has 1 saturated heterocycles. The molecule has 2 atom stereocenters. The van der Waals surface area contributed by atoms with Crippen molar-refractivity contribution in [1.29, 1.82) is 0 Å². The lowest BCUT2D eigenvalue weighted by Gasteiger charge is -2.34. The second-order valence-corrected chi connectivity index (χ2v) is 7.53. The van der Waals surface area contributed by atoms with Gasteiger partial charge in [-0.2, -0.15) is 4.31 Å². The molecule has 1 fully saturated rings. The van der Waals surface area contributed by atoms with E-state index in [0.29, 0.717) is 34.8 Å². The summed E-state index contributed by atoms with van der Waals surface area (Å²) in [6.07, 6.45) is 2.46. The normalized spacial score (nSPS) is 24.3. The SMILES string of the molecule is CC1CCN(S(=O)(=O)c2cccc3ncccc23)CC1N. The molecule has 2 unspecified atom stereocenters. The summed E-state index contributed by atoms with van der Waals surface area (Å²) in [6.45, 7) is 2.96. The highest BCUT2D eigenvalue weighted by Crippen LogP contribution is 2.27. The first-order valence-electron chi connectivity index (χ1n) is 7.09. The molecular weight excluding hydrogens is 286 g/mol. The van der Waals surface area contributed by atoms with Crippen LogP contribution in [0.15, 0.2) is 41.4 Å². The van der Waals surface area contributed by atoms with Crippen molar-refractivity contribution in [3.8, 4) is 0 Å². The third kappa shape index (κ3) is 2.54. The molecule has 0 spiro atoms. The van der Waals surface area contributed by atoms with Gasteiger partial charge in [-0.25, -0.2) is 8.42 Å². The van der Waals surface area contributed by atoms with Crippen molar-refractivity contribution in [2.24, 2.45) is 11.7 Å². The van der Waals surface area contributed by atoms with Gasteiger partial charge in [-0.1, -0.05) is 13.0 Å². The summed E-state index contributed by atoms with van der Waals surface area (Å²) < 4.78 is 27.3. The predicted octanol–water partition coefficient (Wildman–Crippen LogP) is 1.59. The van der Waals surface area contributed by atoms with Gasteiger partial charge in [0.25, 0.3) is 0 Å². The zero-order valence-electron chi connectivity index (χ0n) is 11.9. The first-order chi connectivity index (χ1) is 10.00. The molecule has 112 valence electrons. The van der Waals surface area contributed by atoms with Crippen LogP contribution in [0.3, 0.4) is 0 Å². The number of aromatic nitrogens is 1. The fourth-order valence-electron chi connectivity index (χ4n) is 2.73. The molecule has 2 heterocycles. The maximum atomic E-state index is 12.9. The highest BCUT2D eigenvalue weighted by Gasteiger charge is 2.32. The minimum atomic E-state index is -3.53. The smallest absolute Gasteiger partial charge is 0.243 e. The largest absolute Gasteiger partial charge is 0.326 e. The van der Waals surface area contributed by atoms with Crippen molar-refractivity contribution in [2.75, 3.05) is 13.1 Å². The van der Waals surface area contributed by atoms with Gasteiger partial charge in [0.15, 0.2) is 0 Å². The van der Waals surface area contributed by atoms with E-state index in [-0.39, 0.29) is 6.04 Å². The molecule has 1 aromatic heterocycles. The van der Waals surface area contributed by atoms with E-state index in [1.54, 1.807) is 30.5 Å². The van der Waals surface area contributed by atoms with Crippen molar-refractivity contribution in [2.45, 2.75) is 24.3 Å². The maximum Gasteiger partial charge on any atom is 0.243 e. The number of hydrogen-bond donors (Lipinski definition) is 1. The summed E-state index contributed by atoms with van der Waals surface area (Å²) in [7, 11) is -3.53. The van der Waals surface area contributed by atoms with Crippen molar-refractivity contribution < 1.29 is 8.42 Å². The highest BCUT2D eigenvalue weighted by atomic mass is 32.2. The van der Waals surface area contributed by atoms with Gasteiger partial charge >= 0.3 is 0 Å². The van der Waals surface area contributed by atoms with Crippen LogP contribution >= 0.6 is 0 Å². The van der Waals surface area contributed by atoms with Crippen LogP contribution < -0.4 is 5.73 Å². The number of rotatable bonds is 2. The molecule has 6 heteroatoms. The third-order valence-corrected chi connectivity index (χ3v) is 6.13. The van der Waals surface area contributed by atoms with Gasteiger partial charge < -0.3 is 5.73 Å². The van der Waals surface area contributed by atoms with E-state index in [9.17, 15) is 8.42 Å². The fraction of sp³-hybridized carbons (Fsp3) is 0.400. The van der Waals surface area contributed by atoms with E-state index in [4.69, 9.17) is 5.73 Å². The van der Waals surface area contributed by atoms with Crippen LogP contribution in [0.4, 0.5) is 0 Å². The maximum absolute atomic E-state index is 12.9. The van der Waals surface area contributed by atoms with Gasteiger partial charge in [0, 0.05) is 30.7 Å². The average molecular weight is 305 g/mol. The summed E-state index contributed by atoms with van der Waals surface area (Å²) in [5.74, 6) is 0.352. The molecule has 2 N–H and O–H groups in total. The molecule has 21 heavy (non-hydrogen) atoms. The lowest BCUT2D eigenvalue weighted by Crippen LogP contribution is -2.49. The number of nitrogens with two attached hydrogens (primary N) is 1. The Balaban J connectivity index is 2.05. The number of benzene rings is 1. The Morgan fingerprint density at radius 3 is 2.86 bits per heavy atom. The molecule has 0 radical (unpaired) electrons. The first kappa shape index (κ1) is 14.4. The number of hydrogen-bond acceptors (Lipinski definition) is 4. The Morgan fingerprint density at radius 2 is 2.10 bits per heavy atom. The van der Waals surface area contributed by atoms with Crippen molar-refractivity contribution in [1.82, 2.24) is 9.29 Å². The number of nitrogens with zero attached hydrogens (tertiary/aromatic N) is 2. The van der Waals surface area contributed by atoms with Crippen LogP contribution in [0.25, 0.3) is 10.9 Å². The Hall–Kier alpha value is -1.50. The minimum absolute atomic E-state index is 0.110. The molecule has 1 aliphatic heterocycles. The fourth-order valence-corrected chi connectivity index (χ4v) is 4.42. The van der Waals surface area contributed by atoms with E-state index >= 15 is 0 Å². The molecule has 1 aromatic carbocycles. The molecule has 0 amide bonds. The number of piperidine rings is 1. The number of pyridine rings is 1. The molecule has 0 bridgehead atoms. The van der Waals surface area contributed by atoms with Crippen molar-refractivity contribution in [3.05, 3.63) is 36.5 Å². The zero-order chi connectivity index (χ0) is 15.0. The molecule has 2 aromatic rings. The Kier molecular flexibility index (Phi) is 3.69. The van der Waals surface area contributed by atoms with E-state index in [0.717, 1.165) is 6.42 Å². The van der Waals surface area contributed by atoms with Crippen molar-refractivity contribution >= 4 is 20.9 Å². The van der Waals surface area contributed by atoms with E-state index in [1.165, 1.54) is 4.31 Å². The average Bonchev–Trinajstić information content (AvgIpc) is 2.49. The number of fused-ring (bicyclic) bond motifs is 1. The van der Waals surface area contributed by atoms with Gasteiger partial charge in [0.2, 0.25) is 10.0 Å². The standard InChI is InChI=1S/C15H19N3O2S/c1-11-7-9-18(10-13(11)16)21(19,20)15-6-2-5-14-12(15)4-3-8-17-14/h2-6,8,11,13H,7,9-10,16H2,1H3. The van der Waals surface area contributed by atoms with E-state index < -0.39 is 10.0 Å². The van der Waals surface area contributed by atoms with Gasteiger partial charge in [-0.15, -0.1) is 0 Å². The van der Waals surface area contributed by atoms with Gasteiger partial charge in [-0.3, -0.25) is 4.98 Å². The Labute approximate surface area is 124 Å². The van der Waals surface area contributed by atoms with Crippen LogP contribution in [0.1, 0.15) is 13.3 Å². The molecule has 5 nitrogen and oxygen atoms in total. The van der Waals surface area contributed by atoms with E-state index in [2.05, 4.69) is 11.9 Å². The topological polar surface area (TPSA) is 76.3 Å². The third-order valence-electron chi connectivity index (χ3n) is 4.20. The second kappa shape index (κ2) is 5.36. The molecule has 3 rings (SSSR count). The second-order valence-electron chi connectivity index (χ2n) is 5.62. The molecular formula is C15H19N3O2S. The molecule has 1 aliphatic rings. The zero-order valence-corrected chi connectivity index (χ0v) is 12.8. The molecule has 0 saturated carbocycles. The minimum Gasteiger partial charge on any atom is -0.326 e. The van der Waals surface area contributed by atoms with Crippen LogP contribution in [-0.2, 0) is 10.0 Å². The number of sulfonamides is 1. The van der Waals surface area contributed by atoms with Crippen LogP contribution in [-0.4, -0.2) is 36.8 Å². The van der Waals surface area contributed by atoms with Gasteiger partial charge in [0.05, 0.1) is 10.4 Å². The quantitative estimate of drug-likeness (QED) is 0.914. The lowest BCUT2D eigenvalue weighted by molar-refractivity contribution is 0.253. The summed E-state index contributed by atoms with van der Waals surface area (Å²) in [5, 5.41) is 0.659. The van der Waals surface area contributed by atoms with Crippen LogP contribution in [0.5, 0.6) is 0 Å². The van der Waals surface area contributed by atoms with E-state index in [1.807, 2.05) is 6.07 Å². The summed E-state index contributed by atoms with van der Waals surface area (Å²) in [6, 6.07) is 8.63. The summed E-state index contributed by atoms with van der Waals surface area (Å²) >= 11 is 0. The Bertz CT molecular complexity index is 755. The monoisotopic (exact) mass is 305 g/mol. The summed E-state index contributed by atoms with van der Waals surface area (Å²) in [5.41, 5.74) is 6.73. The Morgan fingerprint density at radius 1 is 1.29 bits per heavy atom. The van der Waals surface area contributed by atoms with Gasteiger partial charge in [0.1, 0.15) is 0 Å². The predicted molar refractivity (Wildman–Crippen MR) is 82.3 cm³/mol. The lowest BCUT2D eigenvalue weighted by atomic mass is 9.96. The highest BCUT2D eigenvalue weighted by molar-refractivity contribution is 7.89. The van der Waals surface area contributed by atoms with Crippen LogP contribution in [0, 0.1) is 5.92 Å². The molecule has 0 aliphatic carbocycles. The first-order valence-corrected chi connectivity index (χ1v) is 8.53. The van der Waals surface area contributed by atoms with Crippen LogP contribution in [0.2, 0.25) is 0 Å². The van der Waals surface area contributed by atoms with Crippen molar-refractivity contribution in [3.63, 3.8) is 0 Å². The summed E-state index contributed by atoms with van der Waals surface area (Å²) in [4.78, 5) is 4.53. The van der Waals surface area contributed by atoms with Gasteiger partial charge in [-0.05, 0) is 36.6 Å².